The predicted octanol–water partition coefficient (Wildman–Crippen LogP) is 3.64. The van der Waals surface area contributed by atoms with Gasteiger partial charge in [-0.25, -0.2) is 4.79 Å². The van der Waals surface area contributed by atoms with Crippen LogP contribution in [0.1, 0.15) is 18.2 Å². The van der Waals surface area contributed by atoms with Gasteiger partial charge in [0, 0.05) is 43.0 Å². The van der Waals surface area contributed by atoms with E-state index in [9.17, 15) is 4.79 Å². The molecule has 0 fully saturated rings. The van der Waals surface area contributed by atoms with Crippen LogP contribution < -0.4 is 5.32 Å². The van der Waals surface area contributed by atoms with Crippen LogP contribution >= 0.6 is 0 Å². The smallest absolute Gasteiger partial charge is 0.322 e. The number of amides is 2. The number of nitrogens with one attached hydrogen (secondary N) is 1. The number of benzene rings is 1. The molecule has 2 heterocycles. The maximum atomic E-state index is 12.7. The van der Waals surface area contributed by atoms with Crippen LogP contribution in [0, 0.1) is 6.92 Å². The summed E-state index contributed by atoms with van der Waals surface area (Å²) in [4.78, 5) is 14.5. The number of carbonyl (C=O) groups excluding carboxylic acids is 1. The van der Waals surface area contributed by atoms with Crippen molar-refractivity contribution in [1.29, 1.82) is 0 Å². The summed E-state index contributed by atoms with van der Waals surface area (Å²) in [7, 11) is 1.63. The van der Waals surface area contributed by atoms with Crippen LogP contribution in [0.15, 0.2) is 41.1 Å². The van der Waals surface area contributed by atoms with E-state index in [1.165, 1.54) is 0 Å². The Morgan fingerprint density at radius 2 is 2.23 bits per heavy atom. The average molecular weight is 356 g/mol. The van der Waals surface area contributed by atoms with E-state index in [2.05, 4.69) is 10.4 Å². The van der Waals surface area contributed by atoms with E-state index in [-0.39, 0.29) is 6.03 Å². The fourth-order valence-corrected chi connectivity index (χ4v) is 2.79. The van der Waals surface area contributed by atoms with Gasteiger partial charge in [0.05, 0.1) is 19.3 Å². The third kappa shape index (κ3) is 4.23. The number of hydrogen-bond donors (Lipinski definition) is 1. The fraction of sp³-hybridized carbons (Fsp3) is 0.368. The van der Waals surface area contributed by atoms with Gasteiger partial charge in [-0.3, -0.25) is 4.68 Å². The van der Waals surface area contributed by atoms with Crippen molar-refractivity contribution in [3.8, 4) is 0 Å². The number of rotatable bonds is 7. The van der Waals surface area contributed by atoms with E-state index >= 15 is 0 Å². The van der Waals surface area contributed by atoms with Gasteiger partial charge in [0.15, 0.2) is 0 Å². The average Bonchev–Trinajstić information content (AvgIpc) is 3.23. The van der Waals surface area contributed by atoms with Gasteiger partial charge in [0.2, 0.25) is 0 Å². The molecule has 7 heteroatoms. The van der Waals surface area contributed by atoms with Crippen LogP contribution in [-0.4, -0.2) is 41.0 Å². The maximum absolute atomic E-state index is 12.7. The lowest BCUT2D eigenvalue weighted by atomic mass is 10.2. The SMILES string of the molecule is CCn1cc(CN(CCOC)C(=O)Nc2ccc3oc(C)cc3c2)cn1. The molecule has 0 unspecified atom stereocenters. The van der Waals surface area contributed by atoms with Crippen molar-refractivity contribution in [3.05, 3.63) is 48.0 Å². The number of fused-ring (bicyclic) bond motifs is 1. The third-order valence-electron chi connectivity index (χ3n) is 4.13. The third-order valence-corrected chi connectivity index (χ3v) is 4.13. The first-order chi connectivity index (χ1) is 12.6. The largest absolute Gasteiger partial charge is 0.461 e. The topological polar surface area (TPSA) is 72.5 Å². The van der Waals surface area contributed by atoms with Gasteiger partial charge < -0.3 is 19.4 Å². The van der Waals surface area contributed by atoms with Crippen molar-refractivity contribution in [2.24, 2.45) is 0 Å². The molecule has 3 rings (SSSR count). The van der Waals surface area contributed by atoms with E-state index in [4.69, 9.17) is 9.15 Å². The van der Waals surface area contributed by atoms with Crippen LogP contribution in [0.5, 0.6) is 0 Å². The minimum atomic E-state index is -0.175. The summed E-state index contributed by atoms with van der Waals surface area (Å²) in [5.74, 6) is 0.845. The van der Waals surface area contributed by atoms with Crippen LogP contribution in [0.25, 0.3) is 11.0 Å². The molecule has 7 nitrogen and oxygen atoms in total. The van der Waals surface area contributed by atoms with E-state index in [0.29, 0.717) is 19.7 Å². The number of aromatic nitrogens is 2. The molecule has 2 amide bonds. The second-order valence-electron chi connectivity index (χ2n) is 6.16. The Bertz CT molecular complexity index is 884. The first-order valence-electron chi connectivity index (χ1n) is 8.65. The minimum Gasteiger partial charge on any atom is -0.461 e. The van der Waals surface area contributed by atoms with E-state index in [1.807, 2.05) is 49.0 Å². The lowest BCUT2D eigenvalue weighted by Crippen LogP contribution is -2.36. The number of hydrogen-bond acceptors (Lipinski definition) is 4. The van der Waals surface area contributed by atoms with E-state index < -0.39 is 0 Å². The van der Waals surface area contributed by atoms with Crippen LogP contribution in [0.2, 0.25) is 0 Å². The lowest BCUT2D eigenvalue weighted by molar-refractivity contribution is 0.153. The summed E-state index contributed by atoms with van der Waals surface area (Å²) in [6.07, 6.45) is 3.74. The molecule has 0 spiro atoms. The van der Waals surface area contributed by atoms with Gasteiger partial charge in [0.1, 0.15) is 11.3 Å². The molecule has 0 aliphatic rings. The molecule has 0 aliphatic heterocycles. The molecule has 0 saturated carbocycles. The molecule has 0 bridgehead atoms. The number of anilines is 1. The van der Waals surface area contributed by atoms with Crippen molar-refractivity contribution in [2.75, 3.05) is 25.6 Å². The highest BCUT2D eigenvalue weighted by molar-refractivity contribution is 5.92. The van der Waals surface area contributed by atoms with Crippen molar-refractivity contribution >= 4 is 22.7 Å². The molecule has 3 aromatic rings. The van der Waals surface area contributed by atoms with Crippen molar-refractivity contribution in [3.63, 3.8) is 0 Å². The second kappa shape index (κ2) is 8.05. The molecule has 2 aromatic heterocycles. The summed E-state index contributed by atoms with van der Waals surface area (Å²) in [6.45, 7) is 6.17. The number of ether oxygens (including phenoxy) is 1. The Morgan fingerprint density at radius 3 is 2.96 bits per heavy atom. The zero-order valence-electron chi connectivity index (χ0n) is 15.4. The number of urea groups is 1. The molecule has 0 saturated heterocycles. The van der Waals surface area contributed by atoms with Crippen LogP contribution in [0.4, 0.5) is 10.5 Å². The summed E-state index contributed by atoms with van der Waals surface area (Å²) in [5.41, 5.74) is 2.53. The molecule has 1 aromatic carbocycles. The highest BCUT2D eigenvalue weighted by Gasteiger charge is 2.15. The Labute approximate surface area is 152 Å². The summed E-state index contributed by atoms with van der Waals surface area (Å²) in [5, 5.41) is 8.19. The minimum absolute atomic E-state index is 0.175. The van der Waals surface area contributed by atoms with Crippen LogP contribution in [-0.2, 0) is 17.8 Å². The summed E-state index contributed by atoms with van der Waals surface area (Å²) >= 11 is 0. The van der Waals surface area contributed by atoms with Crippen LogP contribution in [0.3, 0.4) is 0 Å². The summed E-state index contributed by atoms with van der Waals surface area (Å²) in [6, 6.07) is 7.39. The molecular weight excluding hydrogens is 332 g/mol. The predicted molar refractivity (Wildman–Crippen MR) is 100 cm³/mol. The number of aryl methyl sites for hydroxylation is 2. The normalized spacial score (nSPS) is 11.0. The second-order valence-corrected chi connectivity index (χ2v) is 6.16. The zero-order valence-corrected chi connectivity index (χ0v) is 15.4. The molecule has 26 heavy (non-hydrogen) atoms. The molecule has 1 N–H and O–H groups in total. The molecule has 0 aliphatic carbocycles. The molecule has 138 valence electrons. The number of furan rings is 1. The highest BCUT2D eigenvalue weighted by atomic mass is 16.5. The Morgan fingerprint density at radius 1 is 1.38 bits per heavy atom. The maximum Gasteiger partial charge on any atom is 0.322 e. The monoisotopic (exact) mass is 356 g/mol. The summed E-state index contributed by atoms with van der Waals surface area (Å²) < 4.78 is 12.6. The fourth-order valence-electron chi connectivity index (χ4n) is 2.79. The van der Waals surface area contributed by atoms with Gasteiger partial charge in [-0.15, -0.1) is 0 Å². The Kier molecular flexibility index (Phi) is 5.58. The highest BCUT2D eigenvalue weighted by Crippen LogP contribution is 2.23. The first-order valence-corrected chi connectivity index (χ1v) is 8.65. The van der Waals surface area contributed by atoms with Gasteiger partial charge in [-0.2, -0.15) is 5.10 Å². The van der Waals surface area contributed by atoms with Gasteiger partial charge in [-0.05, 0) is 38.1 Å². The van der Waals surface area contributed by atoms with Gasteiger partial charge >= 0.3 is 6.03 Å². The molecule has 0 atom stereocenters. The van der Waals surface area contributed by atoms with Crippen molar-refractivity contribution in [1.82, 2.24) is 14.7 Å². The number of carbonyl (C=O) groups is 1. The van der Waals surface area contributed by atoms with E-state index in [1.54, 1.807) is 18.2 Å². The van der Waals surface area contributed by atoms with Gasteiger partial charge in [-0.1, -0.05) is 0 Å². The lowest BCUT2D eigenvalue weighted by Gasteiger charge is -2.22. The number of nitrogens with zero attached hydrogens (tertiary/aromatic N) is 3. The molecular formula is C19H24N4O3. The van der Waals surface area contributed by atoms with E-state index in [0.717, 1.165) is 34.5 Å². The van der Waals surface area contributed by atoms with Crippen molar-refractivity contribution < 1.29 is 13.9 Å². The number of methoxy groups -OCH3 is 1. The first kappa shape index (κ1) is 18.0. The Balaban J connectivity index is 1.72. The van der Waals surface area contributed by atoms with Gasteiger partial charge in [0.25, 0.3) is 0 Å². The Hall–Kier alpha value is -2.80. The molecule has 0 radical (unpaired) electrons. The van der Waals surface area contributed by atoms with Crippen molar-refractivity contribution in [2.45, 2.75) is 26.9 Å². The standard InChI is InChI=1S/C19H24N4O3/c1-4-23-13-15(11-20-23)12-22(7-8-25-3)19(24)21-17-5-6-18-16(10-17)9-14(2)26-18/h5-6,9-11,13H,4,7-8,12H2,1-3H3,(H,21,24). The quantitative estimate of drug-likeness (QED) is 0.701. The zero-order chi connectivity index (χ0) is 18.5.